The van der Waals surface area contributed by atoms with Crippen LogP contribution in [0.15, 0.2) is 75.9 Å². The SMILES string of the molecule is Cc1cccc(-c2noc(-c3nn(CC(=O)NCc4ccco4)c4ccccc34)n2)c1. The average molecular weight is 413 g/mol. The number of carbonyl (C=O) groups excluding carboxylic acids is 1. The van der Waals surface area contributed by atoms with Crippen molar-refractivity contribution in [3.05, 3.63) is 78.3 Å². The highest BCUT2D eigenvalue weighted by Gasteiger charge is 2.19. The van der Waals surface area contributed by atoms with Gasteiger partial charge in [0.1, 0.15) is 12.3 Å². The third-order valence-corrected chi connectivity index (χ3v) is 4.90. The van der Waals surface area contributed by atoms with Crippen LogP contribution in [0.1, 0.15) is 11.3 Å². The van der Waals surface area contributed by atoms with E-state index >= 15 is 0 Å². The summed E-state index contributed by atoms with van der Waals surface area (Å²) in [6.45, 7) is 2.39. The number of amides is 1. The molecule has 0 spiro atoms. The molecule has 3 aromatic heterocycles. The molecule has 2 aromatic carbocycles. The quantitative estimate of drug-likeness (QED) is 0.452. The first-order chi connectivity index (χ1) is 15.2. The average Bonchev–Trinajstić information content (AvgIpc) is 3.53. The maximum atomic E-state index is 12.5. The molecule has 0 atom stereocenters. The van der Waals surface area contributed by atoms with E-state index in [4.69, 9.17) is 8.94 Å². The molecule has 1 amide bonds. The predicted molar refractivity (Wildman–Crippen MR) is 114 cm³/mol. The van der Waals surface area contributed by atoms with Crippen molar-refractivity contribution >= 4 is 16.8 Å². The number of aryl methyl sites for hydroxylation is 1. The van der Waals surface area contributed by atoms with Crippen molar-refractivity contribution in [3.8, 4) is 23.0 Å². The number of nitrogens with one attached hydrogen (secondary N) is 1. The van der Waals surface area contributed by atoms with Gasteiger partial charge in [-0.1, -0.05) is 47.1 Å². The topological polar surface area (TPSA) is 99.0 Å². The lowest BCUT2D eigenvalue weighted by Gasteiger charge is -2.04. The van der Waals surface area contributed by atoms with Crippen molar-refractivity contribution in [1.29, 1.82) is 0 Å². The molecule has 3 heterocycles. The van der Waals surface area contributed by atoms with Crippen molar-refractivity contribution in [3.63, 3.8) is 0 Å². The molecule has 0 saturated carbocycles. The Bertz CT molecular complexity index is 1350. The Morgan fingerprint density at radius 3 is 2.84 bits per heavy atom. The molecule has 1 N–H and O–H groups in total. The summed E-state index contributed by atoms with van der Waals surface area (Å²) in [6.07, 6.45) is 1.57. The van der Waals surface area contributed by atoms with Crippen LogP contribution in [0.4, 0.5) is 0 Å². The number of aromatic nitrogens is 4. The number of fused-ring (bicyclic) bond motifs is 1. The van der Waals surface area contributed by atoms with Crippen LogP contribution in [-0.2, 0) is 17.9 Å². The van der Waals surface area contributed by atoms with Gasteiger partial charge in [0, 0.05) is 10.9 Å². The number of para-hydroxylation sites is 1. The number of furan rings is 1. The molecule has 0 aliphatic carbocycles. The van der Waals surface area contributed by atoms with E-state index in [-0.39, 0.29) is 12.5 Å². The molecule has 0 bridgehead atoms. The number of hydrogen-bond donors (Lipinski definition) is 1. The maximum absolute atomic E-state index is 12.5. The lowest BCUT2D eigenvalue weighted by atomic mass is 10.1. The van der Waals surface area contributed by atoms with Gasteiger partial charge in [0.05, 0.1) is 18.3 Å². The minimum atomic E-state index is -0.179. The van der Waals surface area contributed by atoms with E-state index in [1.54, 1.807) is 17.0 Å². The minimum Gasteiger partial charge on any atom is -0.467 e. The second-order valence-electron chi connectivity index (χ2n) is 7.17. The number of hydrogen-bond acceptors (Lipinski definition) is 6. The Kier molecular flexibility index (Phi) is 4.80. The van der Waals surface area contributed by atoms with Crippen molar-refractivity contribution in [1.82, 2.24) is 25.2 Å². The predicted octanol–water partition coefficient (Wildman–Crippen LogP) is 3.97. The normalized spacial score (nSPS) is 11.1. The number of benzene rings is 2. The van der Waals surface area contributed by atoms with Gasteiger partial charge in [-0.25, -0.2) is 0 Å². The Morgan fingerprint density at radius 2 is 2.00 bits per heavy atom. The lowest BCUT2D eigenvalue weighted by Crippen LogP contribution is -2.27. The molecule has 0 saturated heterocycles. The van der Waals surface area contributed by atoms with Crippen LogP contribution in [0, 0.1) is 6.92 Å². The summed E-state index contributed by atoms with van der Waals surface area (Å²) in [6, 6.07) is 19.1. The zero-order valence-corrected chi connectivity index (χ0v) is 16.8. The Balaban J connectivity index is 1.43. The first-order valence-corrected chi connectivity index (χ1v) is 9.83. The van der Waals surface area contributed by atoms with E-state index < -0.39 is 0 Å². The number of carbonyl (C=O) groups is 1. The monoisotopic (exact) mass is 413 g/mol. The Hall–Kier alpha value is -4.20. The summed E-state index contributed by atoms with van der Waals surface area (Å²) >= 11 is 0. The zero-order valence-electron chi connectivity index (χ0n) is 16.8. The van der Waals surface area contributed by atoms with Crippen molar-refractivity contribution in [2.45, 2.75) is 20.0 Å². The fourth-order valence-electron chi connectivity index (χ4n) is 3.42. The van der Waals surface area contributed by atoms with E-state index in [9.17, 15) is 4.79 Å². The minimum absolute atomic E-state index is 0.0557. The van der Waals surface area contributed by atoms with E-state index in [2.05, 4.69) is 20.6 Å². The smallest absolute Gasteiger partial charge is 0.279 e. The molecule has 0 radical (unpaired) electrons. The summed E-state index contributed by atoms with van der Waals surface area (Å²) in [5, 5.41) is 12.4. The van der Waals surface area contributed by atoms with E-state index in [0.717, 1.165) is 22.0 Å². The van der Waals surface area contributed by atoms with E-state index in [0.29, 0.717) is 29.7 Å². The molecule has 8 heteroatoms. The molecule has 0 aliphatic rings. The van der Waals surface area contributed by atoms with Crippen molar-refractivity contribution in [2.24, 2.45) is 0 Å². The third-order valence-electron chi connectivity index (χ3n) is 4.90. The lowest BCUT2D eigenvalue weighted by molar-refractivity contribution is -0.122. The molecule has 5 rings (SSSR count). The maximum Gasteiger partial charge on any atom is 0.279 e. The van der Waals surface area contributed by atoms with Crippen LogP contribution < -0.4 is 5.32 Å². The largest absolute Gasteiger partial charge is 0.467 e. The second kappa shape index (κ2) is 7.91. The van der Waals surface area contributed by atoms with Gasteiger partial charge in [-0.3, -0.25) is 9.48 Å². The van der Waals surface area contributed by atoms with Crippen LogP contribution in [0.25, 0.3) is 33.9 Å². The van der Waals surface area contributed by atoms with Gasteiger partial charge in [0.25, 0.3) is 5.89 Å². The number of rotatable bonds is 6. The van der Waals surface area contributed by atoms with Crippen molar-refractivity contribution < 1.29 is 13.7 Å². The van der Waals surface area contributed by atoms with Crippen LogP contribution >= 0.6 is 0 Å². The molecule has 8 nitrogen and oxygen atoms in total. The first-order valence-electron chi connectivity index (χ1n) is 9.83. The summed E-state index contributed by atoms with van der Waals surface area (Å²) in [5.41, 5.74) is 3.33. The van der Waals surface area contributed by atoms with Gasteiger partial charge in [-0.15, -0.1) is 0 Å². The summed E-state index contributed by atoms with van der Waals surface area (Å²) in [7, 11) is 0. The molecular formula is C23H19N5O3. The highest BCUT2D eigenvalue weighted by atomic mass is 16.5. The van der Waals surface area contributed by atoms with Crippen LogP contribution in [0.3, 0.4) is 0 Å². The van der Waals surface area contributed by atoms with Crippen LogP contribution in [0.5, 0.6) is 0 Å². The van der Waals surface area contributed by atoms with Gasteiger partial charge in [0.15, 0.2) is 5.69 Å². The standard InChI is InChI=1S/C23H19N5O3/c1-15-6-4-7-16(12-15)22-25-23(31-27-22)21-18-9-2-3-10-19(18)28(26-21)14-20(29)24-13-17-8-5-11-30-17/h2-12H,13-14H2,1H3,(H,24,29). The highest BCUT2D eigenvalue weighted by Crippen LogP contribution is 2.28. The van der Waals surface area contributed by atoms with E-state index in [1.165, 1.54) is 0 Å². The molecular weight excluding hydrogens is 394 g/mol. The summed E-state index contributed by atoms with van der Waals surface area (Å²) in [5.74, 6) is 1.31. The van der Waals surface area contributed by atoms with Gasteiger partial charge in [-0.2, -0.15) is 10.1 Å². The third kappa shape index (κ3) is 3.83. The summed E-state index contributed by atoms with van der Waals surface area (Å²) in [4.78, 5) is 17.0. The van der Waals surface area contributed by atoms with Gasteiger partial charge < -0.3 is 14.3 Å². The fraction of sp³-hybridized carbons (Fsp3) is 0.130. The summed E-state index contributed by atoms with van der Waals surface area (Å²) < 4.78 is 12.4. The molecule has 154 valence electrons. The van der Waals surface area contributed by atoms with Gasteiger partial charge in [-0.05, 0) is 31.2 Å². The van der Waals surface area contributed by atoms with Gasteiger partial charge >= 0.3 is 0 Å². The first kappa shape index (κ1) is 18.8. The molecule has 5 aromatic rings. The Morgan fingerprint density at radius 1 is 1.10 bits per heavy atom. The molecule has 0 aliphatic heterocycles. The molecule has 0 fully saturated rings. The van der Waals surface area contributed by atoms with E-state index in [1.807, 2.05) is 61.5 Å². The van der Waals surface area contributed by atoms with Crippen LogP contribution in [-0.4, -0.2) is 25.8 Å². The van der Waals surface area contributed by atoms with Crippen LogP contribution in [0.2, 0.25) is 0 Å². The molecule has 31 heavy (non-hydrogen) atoms. The highest BCUT2D eigenvalue weighted by molar-refractivity contribution is 5.92. The van der Waals surface area contributed by atoms with Crippen molar-refractivity contribution in [2.75, 3.05) is 0 Å². The number of nitrogens with zero attached hydrogens (tertiary/aromatic N) is 4. The van der Waals surface area contributed by atoms with Gasteiger partial charge in [0.2, 0.25) is 11.7 Å². The molecule has 0 unspecified atom stereocenters. The fourth-order valence-corrected chi connectivity index (χ4v) is 3.42. The zero-order chi connectivity index (χ0) is 21.2. The Labute approximate surface area is 177 Å². The second-order valence-corrected chi connectivity index (χ2v) is 7.17.